The van der Waals surface area contributed by atoms with E-state index in [9.17, 15) is 13.2 Å². The minimum atomic E-state index is -4.19. The van der Waals surface area contributed by atoms with Gasteiger partial charge in [0, 0.05) is 25.5 Å². The highest BCUT2D eigenvalue weighted by atomic mass is 32.2. The standard InChI is InChI=1S/C34H41N7O6S/c1-34(2,3)24-14-16-25(17-15-24)48(43,44)40-30-29(47-27-13-8-7-12-26(27)45-4)33(38-32(37-30)31-35-19-11-20-36-31)46-23-18-28(42)39-41-21-9-5-6-10-22-41/h7-8,11-17,19-20H,5-6,9-10,18,21-23H2,1-4H3,(H,39,42)(H,37,38,40). The highest BCUT2D eigenvalue weighted by Crippen LogP contribution is 2.41. The van der Waals surface area contributed by atoms with E-state index in [-0.39, 0.29) is 64.1 Å². The second-order valence-electron chi connectivity index (χ2n) is 12.3. The summed E-state index contributed by atoms with van der Waals surface area (Å²) in [6.07, 6.45) is 7.35. The molecule has 4 aromatic rings. The molecule has 254 valence electrons. The van der Waals surface area contributed by atoms with Crippen LogP contribution in [0.15, 0.2) is 71.9 Å². The molecule has 2 aromatic carbocycles. The summed E-state index contributed by atoms with van der Waals surface area (Å²) in [5, 5.41) is 1.93. The first-order chi connectivity index (χ1) is 23.0. The van der Waals surface area contributed by atoms with Gasteiger partial charge in [0.2, 0.25) is 17.5 Å². The third-order valence-corrected chi connectivity index (χ3v) is 8.95. The lowest BCUT2D eigenvalue weighted by atomic mass is 9.87. The molecule has 14 heteroatoms. The maximum Gasteiger partial charge on any atom is 0.263 e. The van der Waals surface area contributed by atoms with Crippen LogP contribution < -0.4 is 24.4 Å². The molecular weight excluding hydrogens is 634 g/mol. The fourth-order valence-corrected chi connectivity index (χ4v) is 6.00. The monoisotopic (exact) mass is 675 g/mol. The Morgan fingerprint density at radius 2 is 1.54 bits per heavy atom. The van der Waals surface area contributed by atoms with Crippen LogP contribution in [-0.2, 0) is 20.2 Å². The van der Waals surface area contributed by atoms with Crippen LogP contribution in [0.25, 0.3) is 11.6 Å². The lowest BCUT2D eigenvalue weighted by Crippen LogP contribution is -2.43. The van der Waals surface area contributed by atoms with E-state index in [1.54, 1.807) is 42.5 Å². The number of ether oxygens (including phenoxy) is 3. The third-order valence-electron chi connectivity index (χ3n) is 7.60. The minimum Gasteiger partial charge on any atom is -0.493 e. The summed E-state index contributed by atoms with van der Waals surface area (Å²) in [5.41, 5.74) is 3.75. The Bertz CT molecular complexity index is 1790. The van der Waals surface area contributed by atoms with Gasteiger partial charge in [-0.1, -0.05) is 57.9 Å². The second-order valence-corrected chi connectivity index (χ2v) is 14.0. The van der Waals surface area contributed by atoms with Crippen molar-refractivity contribution < 1.29 is 27.4 Å². The van der Waals surface area contributed by atoms with Crippen LogP contribution in [0, 0.1) is 0 Å². The van der Waals surface area contributed by atoms with Crippen LogP contribution in [0.1, 0.15) is 58.4 Å². The largest absolute Gasteiger partial charge is 0.493 e. The average Bonchev–Trinajstić information content (AvgIpc) is 3.34. The highest BCUT2D eigenvalue weighted by molar-refractivity contribution is 7.92. The number of sulfonamides is 1. The first-order valence-electron chi connectivity index (χ1n) is 15.8. The number of benzene rings is 2. The number of carbonyl (C=O) groups is 1. The SMILES string of the molecule is COc1ccccc1Oc1c(NS(=O)(=O)c2ccc(C(C)(C)C)cc2)nc(-c2ncccn2)nc1OCCC(=O)NN1CCCCCC1. The summed E-state index contributed by atoms with van der Waals surface area (Å²) in [7, 11) is -2.71. The number of amides is 1. The topological polar surface area (TPSA) is 158 Å². The van der Waals surface area contributed by atoms with Crippen molar-refractivity contribution in [1.82, 2.24) is 30.4 Å². The summed E-state index contributed by atoms with van der Waals surface area (Å²) in [5.74, 6) is 0.0385. The van der Waals surface area contributed by atoms with Crippen molar-refractivity contribution in [3.63, 3.8) is 0 Å². The Kier molecular flexibility index (Phi) is 11.1. The first-order valence-corrected chi connectivity index (χ1v) is 17.3. The number of rotatable bonds is 12. The number of nitrogens with zero attached hydrogens (tertiary/aromatic N) is 5. The van der Waals surface area contributed by atoms with E-state index < -0.39 is 10.0 Å². The van der Waals surface area contributed by atoms with Crippen molar-refractivity contribution >= 4 is 21.7 Å². The molecule has 3 heterocycles. The molecule has 0 spiro atoms. The van der Waals surface area contributed by atoms with Crippen LogP contribution in [0.2, 0.25) is 0 Å². The maximum atomic E-state index is 13.8. The van der Waals surface area contributed by atoms with Gasteiger partial charge in [-0.25, -0.2) is 28.4 Å². The van der Waals surface area contributed by atoms with Gasteiger partial charge >= 0.3 is 0 Å². The van der Waals surface area contributed by atoms with Gasteiger partial charge in [-0.3, -0.25) is 14.9 Å². The van der Waals surface area contributed by atoms with Gasteiger partial charge in [-0.15, -0.1) is 0 Å². The molecule has 1 aliphatic rings. The van der Waals surface area contributed by atoms with Gasteiger partial charge in [0.05, 0.1) is 25.0 Å². The molecule has 48 heavy (non-hydrogen) atoms. The van der Waals surface area contributed by atoms with Crippen molar-refractivity contribution in [2.75, 3.05) is 31.5 Å². The maximum absolute atomic E-state index is 13.8. The van der Waals surface area contributed by atoms with Gasteiger partial charge in [-0.2, -0.15) is 4.98 Å². The van der Waals surface area contributed by atoms with Crippen molar-refractivity contribution in [2.45, 2.75) is 63.2 Å². The summed E-state index contributed by atoms with van der Waals surface area (Å²) in [6.45, 7) is 7.63. The molecule has 13 nitrogen and oxygen atoms in total. The molecule has 1 fully saturated rings. The molecule has 1 aliphatic heterocycles. The second kappa shape index (κ2) is 15.4. The van der Waals surface area contributed by atoms with Crippen molar-refractivity contribution in [2.24, 2.45) is 0 Å². The lowest BCUT2D eigenvalue weighted by Gasteiger charge is -2.21. The number of para-hydroxylation sites is 2. The van der Waals surface area contributed by atoms with E-state index >= 15 is 0 Å². The van der Waals surface area contributed by atoms with E-state index in [0.29, 0.717) is 5.75 Å². The predicted molar refractivity (Wildman–Crippen MR) is 180 cm³/mol. The van der Waals surface area contributed by atoms with Gasteiger partial charge in [-0.05, 0) is 54.2 Å². The van der Waals surface area contributed by atoms with E-state index in [2.05, 4.69) is 30.1 Å². The van der Waals surface area contributed by atoms with Crippen LogP contribution in [0.3, 0.4) is 0 Å². The Labute approximate surface area is 281 Å². The number of hydrogen-bond donors (Lipinski definition) is 2. The van der Waals surface area contributed by atoms with E-state index in [0.717, 1.165) is 44.3 Å². The molecule has 0 aliphatic carbocycles. The number of hydrazine groups is 1. The summed E-state index contributed by atoms with van der Waals surface area (Å²) < 4.78 is 47.9. The minimum absolute atomic E-state index is 0.00690. The number of anilines is 1. The zero-order valence-electron chi connectivity index (χ0n) is 27.6. The normalized spacial score (nSPS) is 14.1. The van der Waals surface area contributed by atoms with Crippen LogP contribution in [-0.4, -0.2) is 66.1 Å². The molecular formula is C34H41N7O6S. The van der Waals surface area contributed by atoms with E-state index in [1.807, 2.05) is 25.8 Å². The quantitative estimate of drug-likeness (QED) is 0.195. The summed E-state index contributed by atoms with van der Waals surface area (Å²) in [6, 6.07) is 15.1. The number of hydrogen-bond acceptors (Lipinski definition) is 11. The zero-order valence-corrected chi connectivity index (χ0v) is 28.4. The van der Waals surface area contributed by atoms with Crippen molar-refractivity contribution in [3.05, 3.63) is 72.6 Å². The van der Waals surface area contributed by atoms with Gasteiger partial charge in [0.25, 0.3) is 15.9 Å². The Hall–Kier alpha value is -4.82. The van der Waals surface area contributed by atoms with Gasteiger partial charge < -0.3 is 14.2 Å². The third kappa shape index (κ3) is 8.95. The predicted octanol–water partition coefficient (Wildman–Crippen LogP) is 5.51. The summed E-state index contributed by atoms with van der Waals surface area (Å²) >= 11 is 0. The molecule has 0 atom stereocenters. The average molecular weight is 676 g/mol. The molecule has 1 saturated heterocycles. The van der Waals surface area contributed by atoms with Crippen LogP contribution in [0.4, 0.5) is 5.82 Å². The fourth-order valence-electron chi connectivity index (χ4n) is 4.99. The van der Waals surface area contributed by atoms with Gasteiger partial charge in [0.1, 0.15) is 0 Å². The molecule has 2 aromatic heterocycles. The summed E-state index contributed by atoms with van der Waals surface area (Å²) in [4.78, 5) is 30.3. The van der Waals surface area contributed by atoms with Crippen LogP contribution in [0.5, 0.6) is 23.1 Å². The zero-order chi connectivity index (χ0) is 34.1. The molecule has 0 radical (unpaired) electrons. The lowest BCUT2D eigenvalue weighted by molar-refractivity contribution is -0.126. The van der Waals surface area contributed by atoms with Crippen molar-refractivity contribution in [3.8, 4) is 34.8 Å². The Morgan fingerprint density at radius 1 is 0.875 bits per heavy atom. The highest BCUT2D eigenvalue weighted by Gasteiger charge is 2.27. The Morgan fingerprint density at radius 3 is 2.19 bits per heavy atom. The molecule has 5 rings (SSSR count). The number of nitrogens with one attached hydrogen (secondary N) is 2. The molecule has 0 saturated carbocycles. The van der Waals surface area contributed by atoms with E-state index in [1.165, 1.54) is 31.6 Å². The van der Waals surface area contributed by atoms with Crippen LogP contribution >= 0.6 is 0 Å². The number of carbonyl (C=O) groups excluding carboxylic acids is 1. The Balaban J connectivity index is 1.51. The molecule has 0 bridgehead atoms. The smallest absolute Gasteiger partial charge is 0.263 e. The fraction of sp³-hybridized carbons (Fsp3) is 0.382. The molecule has 0 unspecified atom stereocenters. The van der Waals surface area contributed by atoms with E-state index in [4.69, 9.17) is 14.2 Å². The molecule has 2 N–H and O–H groups in total. The first kappa shape index (κ1) is 34.5. The molecule has 1 amide bonds. The van der Waals surface area contributed by atoms with Gasteiger partial charge in [0.15, 0.2) is 23.1 Å². The van der Waals surface area contributed by atoms with Crippen molar-refractivity contribution in [1.29, 1.82) is 0 Å². The number of methoxy groups -OCH3 is 1. The number of aromatic nitrogens is 4.